The Balaban J connectivity index is 0.000000543. The molecule has 0 saturated heterocycles. The van der Waals surface area contributed by atoms with E-state index in [0.717, 1.165) is 29.8 Å². The first-order valence-electron chi connectivity index (χ1n) is 13.1. The fourth-order valence-electron chi connectivity index (χ4n) is 3.25. The number of hydrogen-bond acceptors (Lipinski definition) is 4. The molecule has 1 N–H and O–H groups in total. The summed E-state index contributed by atoms with van der Waals surface area (Å²) < 4.78 is 15.8. The molecule has 0 aliphatic heterocycles. The predicted molar refractivity (Wildman–Crippen MR) is 154 cm³/mol. The highest BCUT2D eigenvalue weighted by Crippen LogP contribution is 2.20. The van der Waals surface area contributed by atoms with Crippen molar-refractivity contribution in [3.8, 4) is 23.0 Å². The van der Waals surface area contributed by atoms with Crippen molar-refractivity contribution in [2.45, 2.75) is 79.1 Å². The monoisotopic (exact) mass is 552 g/mol. The molecule has 2 aromatic rings. The number of phenolic OH excluding ortho intramolecular Hbond substituents is 1. The number of rotatable bonds is 14. The minimum atomic E-state index is 0.260. The molecule has 2 aromatic carbocycles. The van der Waals surface area contributed by atoms with Crippen molar-refractivity contribution in [2.24, 2.45) is 11.8 Å². The van der Waals surface area contributed by atoms with Crippen molar-refractivity contribution in [3.05, 3.63) is 48.5 Å². The predicted octanol–water partition coefficient (Wildman–Crippen LogP) is 9.29. The lowest BCUT2D eigenvalue weighted by Gasteiger charge is -2.15. The van der Waals surface area contributed by atoms with E-state index in [9.17, 15) is 0 Å². The molecule has 0 aliphatic rings. The minimum Gasteiger partial charge on any atom is -0.508 e. The molecule has 0 fully saturated rings. The van der Waals surface area contributed by atoms with E-state index in [-0.39, 0.29) is 5.75 Å². The number of ether oxygens (including phenoxy) is 3. The van der Waals surface area contributed by atoms with Gasteiger partial charge in [0.2, 0.25) is 0 Å². The van der Waals surface area contributed by atoms with E-state index in [2.05, 4.69) is 43.6 Å². The Morgan fingerprint density at radius 3 is 1.51 bits per heavy atom. The Labute approximate surface area is 223 Å². The van der Waals surface area contributed by atoms with Crippen LogP contribution in [0.5, 0.6) is 23.0 Å². The first-order valence-corrected chi connectivity index (χ1v) is 14.3. The second-order valence-corrected chi connectivity index (χ2v) is 9.32. The fraction of sp³-hybridized carbons (Fsp3) is 0.600. The van der Waals surface area contributed by atoms with Gasteiger partial charge < -0.3 is 19.3 Å². The Bertz CT molecular complexity index is 699. The van der Waals surface area contributed by atoms with E-state index < -0.39 is 0 Å². The van der Waals surface area contributed by atoms with Gasteiger partial charge in [-0.05, 0) is 73.2 Å². The average molecular weight is 554 g/mol. The number of alkyl halides is 1. The van der Waals surface area contributed by atoms with Gasteiger partial charge in [-0.1, -0.05) is 82.1 Å². The van der Waals surface area contributed by atoms with Crippen LogP contribution in [0.25, 0.3) is 0 Å². The van der Waals surface area contributed by atoms with Crippen molar-refractivity contribution in [3.63, 3.8) is 0 Å². The summed E-state index contributed by atoms with van der Waals surface area (Å²) in [6, 6.07) is 14.4. The van der Waals surface area contributed by atoms with Crippen molar-refractivity contribution in [1.29, 1.82) is 0 Å². The van der Waals surface area contributed by atoms with Crippen LogP contribution < -0.4 is 14.2 Å². The van der Waals surface area contributed by atoms with Gasteiger partial charge in [-0.25, -0.2) is 0 Å². The van der Waals surface area contributed by atoms with Gasteiger partial charge in [-0.15, -0.1) is 0 Å². The quantitative estimate of drug-likeness (QED) is 0.237. The van der Waals surface area contributed by atoms with Gasteiger partial charge in [0.25, 0.3) is 0 Å². The minimum absolute atomic E-state index is 0.260. The smallest absolute Gasteiger partial charge is 0.119 e. The van der Waals surface area contributed by atoms with Crippen LogP contribution in [0, 0.1) is 11.8 Å². The SMILES string of the molecule is CCCCC(CC)CBr.CCCCC(CC)COc1ccc(OC)cc1.COc1ccc(O)cc1. The highest BCUT2D eigenvalue weighted by Gasteiger charge is 2.06. The first-order chi connectivity index (χ1) is 17.0. The summed E-state index contributed by atoms with van der Waals surface area (Å²) >= 11 is 3.51. The lowest BCUT2D eigenvalue weighted by Crippen LogP contribution is -2.11. The zero-order valence-corrected chi connectivity index (χ0v) is 24.5. The molecule has 0 radical (unpaired) electrons. The van der Waals surface area contributed by atoms with E-state index >= 15 is 0 Å². The van der Waals surface area contributed by atoms with Gasteiger partial charge in [-0.3, -0.25) is 0 Å². The number of unbranched alkanes of at least 4 members (excludes halogenated alkanes) is 2. The molecule has 5 heteroatoms. The van der Waals surface area contributed by atoms with Crippen molar-refractivity contribution in [1.82, 2.24) is 0 Å². The molecule has 2 unspecified atom stereocenters. The van der Waals surface area contributed by atoms with Crippen LogP contribution >= 0.6 is 15.9 Å². The third kappa shape index (κ3) is 17.2. The van der Waals surface area contributed by atoms with Crippen LogP contribution in [0.2, 0.25) is 0 Å². The van der Waals surface area contributed by atoms with Crippen LogP contribution in [0.1, 0.15) is 79.1 Å². The largest absolute Gasteiger partial charge is 0.508 e. The topological polar surface area (TPSA) is 47.9 Å². The number of phenols is 1. The number of hydrogen-bond donors (Lipinski definition) is 1. The van der Waals surface area contributed by atoms with Gasteiger partial charge in [0.1, 0.15) is 23.0 Å². The normalized spacial score (nSPS) is 11.7. The van der Waals surface area contributed by atoms with Gasteiger partial charge in [0.05, 0.1) is 20.8 Å². The summed E-state index contributed by atoms with van der Waals surface area (Å²) in [5, 5.41) is 9.98. The molecule has 200 valence electrons. The van der Waals surface area contributed by atoms with Crippen LogP contribution in [0.15, 0.2) is 48.5 Å². The van der Waals surface area contributed by atoms with Gasteiger partial charge in [-0.2, -0.15) is 0 Å². The highest BCUT2D eigenvalue weighted by atomic mass is 79.9. The molecule has 2 rings (SSSR count). The lowest BCUT2D eigenvalue weighted by atomic mass is 10.0. The lowest BCUT2D eigenvalue weighted by molar-refractivity contribution is 0.233. The Kier molecular flexibility index (Phi) is 21.4. The third-order valence-corrected chi connectivity index (χ3v) is 6.84. The maximum atomic E-state index is 8.80. The summed E-state index contributed by atoms with van der Waals surface area (Å²) in [4.78, 5) is 0. The molecule has 0 aromatic heterocycles. The number of halogens is 1. The Hall–Kier alpha value is -1.88. The summed E-state index contributed by atoms with van der Waals surface area (Å²) in [5.74, 6) is 4.42. The number of benzene rings is 2. The average Bonchev–Trinajstić information content (AvgIpc) is 2.91. The Morgan fingerprint density at radius 2 is 1.11 bits per heavy atom. The standard InChI is InChI=1S/C15H24O2.C8H17Br.C7H8O2/c1-4-6-7-13(5-2)12-17-15-10-8-14(16-3)9-11-15;1-3-5-6-8(4-2)7-9;1-9-7-4-2-6(8)3-5-7/h8-11,13H,4-7,12H2,1-3H3;8H,3-7H2,1-2H3;2-5,8H,1H3. The maximum absolute atomic E-state index is 8.80. The molecule has 2 atom stereocenters. The van der Waals surface area contributed by atoms with Gasteiger partial charge in [0, 0.05) is 5.33 Å². The van der Waals surface area contributed by atoms with E-state index in [1.54, 1.807) is 38.5 Å². The zero-order valence-electron chi connectivity index (χ0n) is 22.9. The molecule has 0 aliphatic carbocycles. The third-order valence-electron chi connectivity index (χ3n) is 5.92. The molecule has 0 amide bonds. The molecule has 0 bridgehead atoms. The van der Waals surface area contributed by atoms with E-state index in [1.165, 1.54) is 56.7 Å². The first kappa shape index (κ1) is 33.1. The zero-order chi connectivity index (χ0) is 26.3. The van der Waals surface area contributed by atoms with E-state index in [0.29, 0.717) is 5.92 Å². The second-order valence-electron chi connectivity index (χ2n) is 8.67. The summed E-state index contributed by atoms with van der Waals surface area (Å²) in [5.41, 5.74) is 0. The van der Waals surface area contributed by atoms with Crippen molar-refractivity contribution >= 4 is 15.9 Å². The van der Waals surface area contributed by atoms with Crippen LogP contribution in [0.4, 0.5) is 0 Å². The molecule has 0 saturated carbocycles. The van der Waals surface area contributed by atoms with Crippen LogP contribution in [-0.2, 0) is 0 Å². The number of aromatic hydroxyl groups is 1. The Morgan fingerprint density at radius 1 is 0.686 bits per heavy atom. The fourth-order valence-corrected chi connectivity index (χ4v) is 4.03. The summed E-state index contributed by atoms with van der Waals surface area (Å²) in [6.07, 6.45) is 10.5. The highest BCUT2D eigenvalue weighted by molar-refractivity contribution is 9.09. The van der Waals surface area contributed by atoms with Gasteiger partial charge in [0.15, 0.2) is 0 Å². The molecule has 4 nitrogen and oxygen atoms in total. The van der Waals surface area contributed by atoms with E-state index in [1.807, 2.05) is 24.3 Å². The molecular formula is C30H49BrO4. The number of methoxy groups -OCH3 is 2. The van der Waals surface area contributed by atoms with Crippen molar-refractivity contribution in [2.75, 3.05) is 26.2 Å². The van der Waals surface area contributed by atoms with Gasteiger partial charge >= 0.3 is 0 Å². The molecule has 35 heavy (non-hydrogen) atoms. The van der Waals surface area contributed by atoms with Crippen LogP contribution in [-0.4, -0.2) is 31.3 Å². The summed E-state index contributed by atoms with van der Waals surface area (Å²) in [6.45, 7) is 9.81. The van der Waals surface area contributed by atoms with Crippen LogP contribution in [0.3, 0.4) is 0 Å². The summed E-state index contributed by atoms with van der Waals surface area (Å²) in [7, 11) is 3.26. The van der Waals surface area contributed by atoms with E-state index in [4.69, 9.17) is 19.3 Å². The second kappa shape index (κ2) is 22.6. The molecule has 0 spiro atoms. The van der Waals surface area contributed by atoms with Crippen molar-refractivity contribution < 1.29 is 19.3 Å². The molecule has 0 heterocycles. The molecular weight excluding hydrogens is 504 g/mol. The maximum Gasteiger partial charge on any atom is 0.119 e.